The van der Waals surface area contributed by atoms with Gasteiger partial charge in [-0.3, -0.25) is 4.79 Å². The summed E-state index contributed by atoms with van der Waals surface area (Å²) in [4.78, 5) is 21.8. The highest BCUT2D eigenvalue weighted by atomic mass is 35.5. The molecule has 1 saturated heterocycles. The Bertz CT molecular complexity index is 1090. The molecule has 2 aromatic heterocycles. The van der Waals surface area contributed by atoms with E-state index in [4.69, 9.17) is 11.6 Å². The van der Waals surface area contributed by atoms with Crippen LogP contribution in [0.2, 0.25) is 5.02 Å². The number of likely N-dealkylation sites (tertiary alicyclic amines) is 1. The Hall–Kier alpha value is -2.93. The maximum absolute atomic E-state index is 13.8. The van der Waals surface area contributed by atoms with Gasteiger partial charge in [-0.1, -0.05) is 29.7 Å². The normalized spacial score (nSPS) is 19.6. The zero-order valence-electron chi connectivity index (χ0n) is 18.2. The zero-order chi connectivity index (χ0) is 22.1. The lowest BCUT2D eigenvalue weighted by Gasteiger charge is -2.51. The number of benzene rings is 1. The lowest BCUT2D eigenvalue weighted by atomic mass is 9.61. The summed E-state index contributed by atoms with van der Waals surface area (Å²) in [6.07, 6.45) is 10.8. The topological polar surface area (TPSA) is 75.9 Å². The smallest absolute Gasteiger partial charge is 0.256 e. The van der Waals surface area contributed by atoms with Crippen LogP contribution in [0.4, 0.5) is 5.82 Å². The molecule has 2 aliphatic rings. The number of aromatic nitrogens is 4. The summed E-state index contributed by atoms with van der Waals surface area (Å²) < 4.78 is 0. The molecule has 5 rings (SSSR count). The van der Waals surface area contributed by atoms with Crippen LogP contribution in [0.3, 0.4) is 0 Å². The Morgan fingerprint density at radius 1 is 1.19 bits per heavy atom. The van der Waals surface area contributed by atoms with Gasteiger partial charge >= 0.3 is 0 Å². The second-order valence-corrected chi connectivity index (χ2v) is 9.48. The molecule has 1 amide bonds. The van der Waals surface area contributed by atoms with E-state index < -0.39 is 0 Å². The Morgan fingerprint density at radius 2 is 2.00 bits per heavy atom. The average Bonchev–Trinajstić information content (AvgIpc) is 3.32. The molecule has 1 aromatic carbocycles. The van der Waals surface area contributed by atoms with Crippen molar-refractivity contribution < 1.29 is 4.79 Å². The minimum atomic E-state index is 0.0334. The summed E-state index contributed by atoms with van der Waals surface area (Å²) in [5, 5.41) is 12.5. The van der Waals surface area contributed by atoms with Crippen molar-refractivity contribution in [2.45, 2.75) is 45.1 Å². The molecule has 2 fully saturated rings. The average molecular weight is 451 g/mol. The maximum Gasteiger partial charge on any atom is 0.256 e. The van der Waals surface area contributed by atoms with Crippen molar-refractivity contribution in [2.24, 2.45) is 5.41 Å². The summed E-state index contributed by atoms with van der Waals surface area (Å²) in [6, 6.07) is 9.64. The van der Waals surface area contributed by atoms with Gasteiger partial charge in [-0.25, -0.2) is 4.98 Å². The summed E-state index contributed by atoms with van der Waals surface area (Å²) >= 11 is 5.97. The molecule has 1 atom stereocenters. The van der Waals surface area contributed by atoms with Gasteiger partial charge in [0.25, 0.3) is 5.91 Å². The van der Waals surface area contributed by atoms with E-state index in [1.54, 1.807) is 18.6 Å². The van der Waals surface area contributed by atoms with Crippen LogP contribution in [-0.2, 0) is 0 Å². The van der Waals surface area contributed by atoms with Crippen LogP contribution in [0.15, 0.2) is 48.9 Å². The summed E-state index contributed by atoms with van der Waals surface area (Å²) in [6.45, 7) is 3.42. The molecule has 1 aliphatic heterocycles. The summed E-state index contributed by atoms with van der Waals surface area (Å²) in [7, 11) is 0. The van der Waals surface area contributed by atoms with Gasteiger partial charge in [0.15, 0.2) is 0 Å². The fraction of sp³-hybridized carbons (Fsp3) is 0.417. The van der Waals surface area contributed by atoms with E-state index in [0.717, 1.165) is 30.8 Å². The molecule has 1 unspecified atom stereocenters. The molecule has 1 saturated carbocycles. The molecule has 3 aromatic rings. The van der Waals surface area contributed by atoms with Crippen molar-refractivity contribution in [3.63, 3.8) is 0 Å². The molecule has 3 heterocycles. The Morgan fingerprint density at radius 3 is 2.69 bits per heavy atom. The van der Waals surface area contributed by atoms with Crippen LogP contribution < -0.4 is 5.32 Å². The number of hydrogen-bond acceptors (Lipinski definition) is 5. The number of carbonyl (C=O) groups is 1. The second kappa shape index (κ2) is 8.54. The standard InChI is InChI=1S/C24H27ClN6O/c1-17-3-5-21(31-28-10-11-29-31)20(13-17)23(32)30-12-9-24(7-2-8-24)14-19(30)16-27-22-6-4-18(25)15-26-22/h3-6,10-11,13,15,19H,2,7-9,12,14,16H2,1H3,(H,26,27). The molecule has 8 heteroatoms. The van der Waals surface area contributed by atoms with Gasteiger partial charge < -0.3 is 10.2 Å². The molecule has 32 heavy (non-hydrogen) atoms. The molecule has 0 radical (unpaired) electrons. The summed E-state index contributed by atoms with van der Waals surface area (Å²) in [5.74, 6) is 0.804. The van der Waals surface area contributed by atoms with E-state index in [1.165, 1.54) is 24.1 Å². The minimum absolute atomic E-state index is 0.0334. The van der Waals surface area contributed by atoms with Crippen LogP contribution >= 0.6 is 11.6 Å². The highest BCUT2D eigenvalue weighted by Crippen LogP contribution is 2.50. The van der Waals surface area contributed by atoms with E-state index in [0.29, 0.717) is 28.2 Å². The number of hydrogen-bond donors (Lipinski definition) is 1. The highest BCUT2D eigenvalue weighted by Gasteiger charge is 2.45. The number of nitrogens with one attached hydrogen (secondary N) is 1. The number of amides is 1. The van der Waals surface area contributed by atoms with Crippen molar-refractivity contribution >= 4 is 23.3 Å². The van der Waals surface area contributed by atoms with Crippen LogP contribution in [0.5, 0.6) is 0 Å². The number of halogens is 1. The number of rotatable bonds is 5. The Balaban J connectivity index is 1.42. The number of anilines is 1. The largest absolute Gasteiger partial charge is 0.368 e. The first-order valence-corrected chi connectivity index (χ1v) is 11.5. The van der Waals surface area contributed by atoms with E-state index in [9.17, 15) is 4.79 Å². The highest BCUT2D eigenvalue weighted by molar-refractivity contribution is 6.30. The maximum atomic E-state index is 13.8. The van der Waals surface area contributed by atoms with Gasteiger partial charge in [-0.05, 0) is 62.3 Å². The fourth-order valence-electron chi connectivity index (χ4n) is 5.03. The first-order chi connectivity index (χ1) is 15.5. The number of pyridine rings is 1. The minimum Gasteiger partial charge on any atom is -0.368 e. The summed E-state index contributed by atoms with van der Waals surface area (Å²) in [5.41, 5.74) is 2.77. The van der Waals surface area contributed by atoms with E-state index >= 15 is 0 Å². The zero-order valence-corrected chi connectivity index (χ0v) is 18.9. The van der Waals surface area contributed by atoms with Crippen molar-refractivity contribution in [1.29, 1.82) is 0 Å². The molecular formula is C24H27ClN6O. The fourth-order valence-corrected chi connectivity index (χ4v) is 5.14. The van der Waals surface area contributed by atoms with Gasteiger partial charge in [0, 0.05) is 25.3 Å². The third kappa shape index (κ3) is 4.09. The molecule has 166 valence electrons. The number of carbonyl (C=O) groups excluding carboxylic acids is 1. The quantitative estimate of drug-likeness (QED) is 0.618. The van der Waals surface area contributed by atoms with Crippen molar-refractivity contribution in [3.05, 3.63) is 65.1 Å². The van der Waals surface area contributed by atoms with E-state index in [1.807, 2.05) is 42.2 Å². The monoisotopic (exact) mass is 450 g/mol. The van der Waals surface area contributed by atoms with Gasteiger partial charge in [-0.15, -0.1) is 0 Å². The van der Waals surface area contributed by atoms with Crippen LogP contribution in [0.1, 0.15) is 48.0 Å². The molecule has 1 spiro atoms. The van der Waals surface area contributed by atoms with Crippen LogP contribution in [0.25, 0.3) is 5.69 Å². The van der Waals surface area contributed by atoms with E-state index in [2.05, 4.69) is 20.5 Å². The third-order valence-corrected chi connectivity index (χ3v) is 7.15. The van der Waals surface area contributed by atoms with Crippen molar-refractivity contribution in [3.8, 4) is 5.69 Å². The van der Waals surface area contributed by atoms with Gasteiger partial charge in [0.05, 0.1) is 28.7 Å². The lowest BCUT2D eigenvalue weighted by Crippen LogP contribution is -2.54. The molecule has 1 N–H and O–H groups in total. The number of aryl methyl sites for hydroxylation is 1. The van der Waals surface area contributed by atoms with Crippen LogP contribution in [-0.4, -0.2) is 49.9 Å². The molecule has 7 nitrogen and oxygen atoms in total. The Kier molecular flexibility index (Phi) is 5.59. The van der Waals surface area contributed by atoms with Gasteiger partial charge in [0.2, 0.25) is 0 Å². The van der Waals surface area contributed by atoms with E-state index in [-0.39, 0.29) is 11.9 Å². The number of nitrogens with zero attached hydrogens (tertiary/aromatic N) is 5. The first-order valence-electron chi connectivity index (χ1n) is 11.2. The second-order valence-electron chi connectivity index (χ2n) is 9.04. The van der Waals surface area contributed by atoms with Gasteiger partial charge in [0.1, 0.15) is 5.82 Å². The van der Waals surface area contributed by atoms with Crippen molar-refractivity contribution in [1.82, 2.24) is 24.9 Å². The predicted octanol–water partition coefficient (Wildman–Crippen LogP) is 4.51. The van der Waals surface area contributed by atoms with Gasteiger partial charge in [-0.2, -0.15) is 15.0 Å². The Labute approximate surface area is 192 Å². The third-order valence-electron chi connectivity index (χ3n) is 6.93. The SMILES string of the molecule is Cc1ccc(-n2nccn2)c(C(=O)N2CCC3(CCC3)CC2CNc2ccc(Cl)cn2)c1. The first kappa shape index (κ1) is 20.9. The lowest BCUT2D eigenvalue weighted by molar-refractivity contribution is 0.00328. The van der Waals surface area contributed by atoms with Crippen molar-refractivity contribution in [2.75, 3.05) is 18.4 Å². The number of piperidine rings is 1. The molecule has 0 bridgehead atoms. The van der Waals surface area contributed by atoms with Crippen LogP contribution in [0, 0.1) is 12.3 Å². The molecule has 1 aliphatic carbocycles. The predicted molar refractivity (Wildman–Crippen MR) is 124 cm³/mol. The molecular weight excluding hydrogens is 424 g/mol.